The van der Waals surface area contributed by atoms with Gasteiger partial charge in [0.25, 0.3) is 0 Å². The highest BCUT2D eigenvalue weighted by Crippen LogP contribution is 2.05. The summed E-state index contributed by atoms with van der Waals surface area (Å²) in [6.45, 7) is 5.52. The minimum absolute atomic E-state index is 0.119. The molecule has 0 saturated heterocycles. The molecular weight excluding hydrogens is 276 g/mol. The number of nitrogens with two attached hydrogens (primary N) is 1. The number of aromatic nitrogens is 2. The lowest BCUT2D eigenvalue weighted by molar-refractivity contribution is -0.122. The second-order valence-corrected chi connectivity index (χ2v) is 5.97. The highest BCUT2D eigenvalue weighted by Gasteiger charge is 2.15. The molecule has 1 heterocycles. The lowest BCUT2D eigenvalue weighted by Crippen LogP contribution is -2.43. The van der Waals surface area contributed by atoms with E-state index in [1.54, 1.807) is 6.33 Å². The Morgan fingerprint density at radius 3 is 2.73 bits per heavy atom. The molecule has 3 N–H and O–H groups in total. The molecule has 5 nitrogen and oxygen atoms in total. The number of carbonyl (C=O) groups is 1. The van der Waals surface area contributed by atoms with Crippen molar-refractivity contribution in [3.8, 4) is 0 Å². The van der Waals surface area contributed by atoms with Crippen LogP contribution >= 0.6 is 0 Å². The van der Waals surface area contributed by atoms with Gasteiger partial charge in [0.1, 0.15) is 0 Å². The van der Waals surface area contributed by atoms with E-state index in [1.807, 2.05) is 29.0 Å². The maximum atomic E-state index is 11.9. The molecule has 2 aromatic rings. The first-order chi connectivity index (χ1) is 10.5. The first-order valence-electron chi connectivity index (χ1n) is 7.62. The zero-order valence-corrected chi connectivity index (χ0v) is 13.2. The first kappa shape index (κ1) is 16.2. The van der Waals surface area contributed by atoms with Gasteiger partial charge in [0.15, 0.2) is 0 Å². The minimum atomic E-state index is -0.557. The van der Waals surface area contributed by atoms with Crippen LogP contribution in [-0.2, 0) is 17.8 Å². The molecule has 5 heteroatoms. The van der Waals surface area contributed by atoms with Gasteiger partial charge in [0.05, 0.1) is 18.1 Å². The van der Waals surface area contributed by atoms with Gasteiger partial charge in [0.2, 0.25) is 5.91 Å². The van der Waals surface area contributed by atoms with Crippen molar-refractivity contribution in [1.29, 1.82) is 0 Å². The van der Waals surface area contributed by atoms with Crippen LogP contribution in [0.3, 0.4) is 0 Å². The second-order valence-electron chi connectivity index (χ2n) is 5.97. The van der Waals surface area contributed by atoms with Gasteiger partial charge in [0, 0.05) is 25.7 Å². The number of nitrogens with one attached hydrogen (secondary N) is 1. The maximum Gasteiger partial charge on any atom is 0.237 e. The Balaban J connectivity index is 1.87. The number of carbonyl (C=O) groups excluding carboxylic acids is 1. The molecule has 0 saturated carbocycles. The van der Waals surface area contributed by atoms with E-state index < -0.39 is 6.04 Å². The third-order valence-corrected chi connectivity index (χ3v) is 3.35. The summed E-state index contributed by atoms with van der Waals surface area (Å²) < 4.78 is 2.00. The number of nitrogens with zero attached hydrogens (tertiary/aromatic N) is 2. The molecule has 2 rings (SSSR count). The van der Waals surface area contributed by atoms with Crippen molar-refractivity contribution >= 4 is 5.91 Å². The molecule has 0 aliphatic rings. The Hall–Kier alpha value is -2.14. The molecule has 0 aliphatic carbocycles. The van der Waals surface area contributed by atoms with Crippen LogP contribution in [0.4, 0.5) is 0 Å². The van der Waals surface area contributed by atoms with Gasteiger partial charge in [-0.1, -0.05) is 44.2 Å². The third kappa shape index (κ3) is 5.00. The van der Waals surface area contributed by atoms with Gasteiger partial charge < -0.3 is 15.6 Å². The molecule has 0 unspecified atom stereocenters. The molecule has 22 heavy (non-hydrogen) atoms. The number of rotatable bonds is 7. The van der Waals surface area contributed by atoms with Crippen LogP contribution in [-0.4, -0.2) is 28.0 Å². The maximum absolute atomic E-state index is 11.9. The van der Waals surface area contributed by atoms with Crippen molar-refractivity contribution in [2.75, 3.05) is 6.54 Å². The van der Waals surface area contributed by atoms with E-state index in [4.69, 9.17) is 5.73 Å². The fourth-order valence-electron chi connectivity index (χ4n) is 2.15. The van der Waals surface area contributed by atoms with E-state index in [0.717, 1.165) is 12.2 Å². The largest absolute Gasteiger partial charge is 0.354 e. The quantitative estimate of drug-likeness (QED) is 0.815. The van der Waals surface area contributed by atoms with Gasteiger partial charge in [-0.3, -0.25) is 4.79 Å². The Morgan fingerprint density at radius 1 is 1.32 bits per heavy atom. The molecule has 1 aromatic heterocycles. The monoisotopic (exact) mass is 300 g/mol. The number of benzene rings is 1. The van der Waals surface area contributed by atoms with Crippen LogP contribution in [0.25, 0.3) is 0 Å². The topological polar surface area (TPSA) is 72.9 Å². The number of hydrogen-bond donors (Lipinski definition) is 2. The summed E-state index contributed by atoms with van der Waals surface area (Å²) in [5.74, 6) is 0.299. The van der Waals surface area contributed by atoms with Crippen molar-refractivity contribution in [3.05, 3.63) is 54.1 Å². The average Bonchev–Trinajstić information content (AvgIpc) is 2.92. The molecule has 0 fully saturated rings. The summed E-state index contributed by atoms with van der Waals surface area (Å²) in [6, 6.07) is 9.62. The normalized spacial score (nSPS) is 12.4. The molecular formula is C17H24N4O. The zero-order valence-electron chi connectivity index (χ0n) is 13.2. The molecule has 1 aromatic carbocycles. The highest BCUT2D eigenvalue weighted by atomic mass is 16.2. The van der Waals surface area contributed by atoms with E-state index in [-0.39, 0.29) is 5.91 Å². The van der Waals surface area contributed by atoms with E-state index in [0.29, 0.717) is 18.9 Å². The summed E-state index contributed by atoms with van der Waals surface area (Å²) in [5.41, 5.74) is 7.99. The minimum Gasteiger partial charge on any atom is -0.354 e. The molecule has 1 atom stereocenters. The van der Waals surface area contributed by atoms with Gasteiger partial charge in [-0.25, -0.2) is 4.98 Å². The van der Waals surface area contributed by atoms with Gasteiger partial charge in [-0.15, -0.1) is 0 Å². The average molecular weight is 300 g/mol. The lowest BCUT2D eigenvalue weighted by Gasteiger charge is -2.12. The van der Waals surface area contributed by atoms with Crippen LogP contribution in [0, 0.1) is 5.92 Å². The number of imidazole rings is 1. The lowest BCUT2D eigenvalue weighted by atomic mass is 10.1. The summed E-state index contributed by atoms with van der Waals surface area (Å²) in [4.78, 5) is 16.2. The van der Waals surface area contributed by atoms with Gasteiger partial charge in [-0.05, 0) is 11.5 Å². The first-order valence-corrected chi connectivity index (χ1v) is 7.62. The standard InChI is InChI=1S/C17H24N4O/c1-13(2)9-19-17(22)16(18)8-15-11-21(12-20-15)10-14-6-4-3-5-7-14/h3-7,11-13,16H,8-10,18H2,1-2H3,(H,19,22)/t16-/m0/s1. The van der Waals surface area contributed by atoms with Crippen molar-refractivity contribution in [2.45, 2.75) is 32.9 Å². The van der Waals surface area contributed by atoms with Crippen molar-refractivity contribution < 1.29 is 4.79 Å². The molecule has 1 amide bonds. The van der Waals surface area contributed by atoms with Crippen LogP contribution in [0.15, 0.2) is 42.9 Å². The van der Waals surface area contributed by atoms with Crippen LogP contribution in [0.2, 0.25) is 0 Å². The SMILES string of the molecule is CC(C)CNC(=O)[C@@H](N)Cc1cn(Cc2ccccc2)cn1. The highest BCUT2D eigenvalue weighted by molar-refractivity contribution is 5.81. The Labute approximate surface area is 131 Å². The summed E-state index contributed by atoms with van der Waals surface area (Å²) in [6.07, 6.45) is 4.18. The van der Waals surface area contributed by atoms with Crippen molar-refractivity contribution in [1.82, 2.24) is 14.9 Å². The summed E-state index contributed by atoms with van der Waals surface area (Å²) in [5, 5.41) is 2.85. The number of amides is 1. The van der Waals surface area contributed by atoms with E-state index >= 15 is 0 Å². The fraction of sp³-hybridized carbons (Fsp3) is 0.412. The Kier molecular flexibility index (Phi) is 5.72. The third-order valence-electron chi connectivity index (χ3n) is 3.35. The van der Waals surface area contributed by atoms with E-state index in [9.17, 15) is 4.79 Å². The van der Waals surface area contributed by atoms with Crippen LogP contribution < -0.4 is 11.1 Å². The molecule has 0 bridgehead atoms. The van der Waals surface area contributed by atoms with Gasteiger partial charge in [-0.2, -0.15) is 0 Å². The van der Waals surface area contributed by atoms with E-state index in [2.05, 4.69) is 36.3 Å². The molecule has 0 aliphatic heterocycles. The second kappa shape index (κ2) is 7.75. The summed E-state index contributed by atoms with van der Waals surface area (Å²) in [7, 11) is 0. The Bertz CT molecular complexity index is 592. The zero-order chi connectivity index (χ0) is 15.9. The summed E-state index contributed by atoms with van der Waals surface area (Å²) >= 11 is 0. The Morgan fingerprint density at radius 2 is 2.05 bits per heavy atom. The number of hydrogen-bond acceptors (Lipinski definition) is 3. The molecule has 118 valence electrons. The van der Waals surface area contributed by atoms with Crippen LogP contribution in [0.1, 0.15) is 25.1 Å². The van der Waals surface area contributed by atoms with Crippen molar-refractivity contribution in [3.63, 3.8) is 0 Å². The predicted octanol–water partition coefficient (Wildman–Crippen LogP) is 1.57. The van der Waals surface area contributed by atoms with E-state index in [1.165, 1.54) is 5.56 Å². The predicted molar refractivity (Wildman–Crippen MR) is 87.3 cm³/mol. The molecule has 0 spiro atoms. The van der Waals surface area contributed by atoms with Crippen molar-refractivity contribution in [2.24, 2.45) is 11.7 Å². The molecule has 0 radical (unpaired) electrons. The fourth-order valence-corrected chi connectivity index (χ4v) is 2.15. The van der Waals surface area contributed by atoms with Gasteiger partial charge >= 0.3 is 0 Å². The smallest absolute Gasteiger partial charge is 0.237 e. The van der Waals surface area contributed by atoms with Crippen LogP contribution in [0.5, 0.6) is 0 Å².